The number of hydrogen-bond donors (Lipinski definition) is 1. The van der Waals surface area contributed by atoms with Crippen molar-refractivity contribution in [3.63, 3.8) is 0 Å². The number of carbonyl (C=O) groups excluding carboxylic acids is 1. The topological polar surface area (TPSA) is 42.2 Å². The molecule has 1 aromatic heterocycles. The second kappa shape index (κ2) is 4.82. The van der Waals surface area contributed by atoms with Gasteiger partial charge in [0.05, 0.1) is 6.26 Å². The van der Waals surface area contributed by atoms with E-state index in [1.165, 1.54) is 18.4 Å². The van der Waals surface area contributed by atoms with Crippen LogP contribution < -0.4 is 5.32 Å². The third-order valence-electron chi connectivity index (χ3n) is 2.32. The van der Waals surface area contributed by atoms with Gasteiger partial charge in [-0.15, -0.1) is 0 Å². The Balaban J connectivity index is 1.94. The lowest BCUT2D eigenvalue weighted by Crippen LogP contribution is -2.22. The van der Waals surface area contributed by atoms with Crippen LogP contribution in [-0.4, -0.2) is 5.91 Å². The fourth-order valence-electron chi connectivity index (χ4n) is 1.42. The Morgan fingerprint density at radius 3 is 2.65 bits per heavy atom. The lowest BCUT2D eigenvalue weighted by Gasteiger charge is -2.02. The Hall–Kier alpha value is -2.10. The van der Waals surface area contributed by atoms with E-state index in [-0.39, 0.29) is 17.5 Å². The van der Waals surface area contributed by atoms with Crippen LogP contribution in [0.25, 0.3) is 0 Å². The molecule has 0 aliphatic rings. The Morgan fingerprint density at radius 2 is 2.06 bits per heavy atom. The standard InChI is InChI=1S/C13H12FNO2/c1-9-6-12(17-8-9)13(16)15-7-10-2-4-11(14)5-3-10/h2-6,8H,7H2,1H3,(H,15,16). The first-order valence-corrected chi connectivity index (χ1v) is 5.23. The molecule has 17 heavy (non-hydrogen) atoms. The summed E-state index contributed by atoms with van der Waals surface area (Å²) in [6.07, 6.45) is 1.52. The summed E-state index contributed by atoms with van der Waals surface area (Å²) >= 11 is 0. The van der Waals surface area contributed by atoms with Crippen LogP contribution in [0.2, 0.25) is 0 Å². The first kappa shape index (κ1) is 11.4. The number of benzene rings is 1. The molecule has 0 spiro atoms. The van der Waals surface area contributed by atoms with Crippen LogP contribution in [0.3, 0.4) is 0 Å². The summed E-state index contributed by atoms with van der Waals surface area (Å²) in [6.45, 7) is 2.19. The van der Waals surface area contributed by atoms with Crippen molar-refractivity contribution in [2.75, 3.05) is 0 Å². The van der Waals surface area contributed by atoms with Gasteiger partial charge >= 0.3 is 0 Å². The minimum absolute atomic E-state index is 0.276. The van der Waals surface area contributed by atoms with E-state index in [2.05, 4.69) is 5.32 Å². The normalized spacial score (nSPS) is 10.2. The molecule has 0 unspecified atom stereocenters. The van der Waals surface area contributed by atoms with Gasteiger partial charge in [-0.25, -0.2) is 4.39 Å². The summed E-state index contributed by atoms with van der Waals surface area (Å²) in [5.41, 5.74) is 1.74. The van der Waals surface area contributed by atoms with Gasteiger partial charge in [0.1, 0.15) is 5.82 Å². The SMILES string of the molecule is Cc1coc(C(=O)NCc2ccc(F)cc2)c1. The average Bonchev–Trinajstić information content (AvgIpc) is 2.75. The first-order chi connectivity index (χ1) is 8.15. The van der Waals surface area contributed by atoms with Crippen LogP contribution in [-0.2, 0) is 6.54 Å². The molecule has 88 valence electrons. The number of nitrogens with one attached hydrogen (secondary N) is 1. The molecule has 2 rings (SSSR count). The molecule has 0 atom stereocenters. The van der Waals surface area contributed by atoms with Crippen LogP contribution in [0, 0.1) is 12.7 Å². The van der Waals surface area contributed by atoms with Crippen LogP contribution in [0.4, 0.5) is 4.39 Å². The predicted molar refractivity (Wildman–Crippen MR) is 61.0 cm³/mol. The van der Waals surface area contributed by atoms with Gasteiger partial charge in [0.2, 0.25) is 0 Å². The van der Waals surface area contributed by atoms with E-state index in [0.29, 0.717) is 6.54 Å². The van der Waals surface area contributed by atoms with Gasteiger partial charge in [-0.3, -0.25) is 4.79 Å². The van der Waals surface area contributed by atoms with Gasteiger partial charge in [-0.05, 0) is 36.2 Å². The van der Waals surface area contributed by atoms with Crippen LogP contribution in [0.1, 0.15) is 21.7 Å². The maximum atomic E-state index is 12.7. The second-order valence-electron chi connectivity index (χ2n) is 3.80. The monoisotopic (exact) mass is 233 g/mol. The van der Waals surface area contributed by atoms with Crippen molar-refractivity contribution in [3.8, 4) is 0 Å². The van der Waals surface area contributed by atoms with Crippen molar-refractivity contribution in [1.82, 2.24) is 5.32 Å². The molecule has 2 aromatic rings. The molecule has 0 aliphatic carbocycles. The number of hydrogen-bond acceptors (Lipinski definition) is 2. The van der Waals surface area contributed by atoms with Crippen molar-refractivity contribution >= 4 is 5.91 Å². The van der Waals surface area contributed by atoms with Crippen molar-refractivity contribution in [2.45, 2.75) is 13.5 Å². The molecule has 0 fully saturated rings. The fraction of sp³-hybridized carbons (Fsp3) is 0.154. The molecule has 3 nitrogen and oxygen atoms in total. The molecule has 0 saturated carbocycles. The summed E-state index contributed by atoms with van der Waals surface area (Å²) in [5.74, 6) is -0.284. The van der Waals surface area contributed by atoms with E-state index < -0.39 is 0 Å². The average molecular weight is 233 g/mol. The highest BCUT2D eigenvalue weighted by Crippen LogP contribution is 2.07. The molecule has 0 saturated heterocycles. The van der Waals surface area contributed by atoms with Gasteiger partial charge in [-0.2, -0.15) is 0 Å². The number of halogens is 1. The zero-order chi connectivity index (χ0) is 12.3. The van der Waals surface area contributed by atoms with Gasteiger partial charge in [-0.1, -0.05) is 12.1 Å². The molecular weight excluding hydrogens is 221 g/mol. The third kappa shape index (κ3) is 2.93. The van der Waals surface area contributed by atoms with E-state index in [1.807, 2.05) is 6.92 Å². The molecule has 4 heteroatoms. The first-order valence-electron chi connectivity index (χ1n) is 5.23. The highest BCUT2D eigenvalue weighted by molar-refractivity contribution is 5.91. The lowest BCUT2D eigenvalue weighted by molar-refractivity contribution is 0.0923. The zero-order valence-electron chi connectivity index (χ0n) is 9.37. The number of rotatable bonds is 3. The van der Waals surface area contributed by atoms with Crippen LogP contribution in [0.15, 0.2) is 41.0 Å². The van der Waals surface area contributed by atoms with E-state index in [4.69, 9.17) is 4.42 Å². The molecule has 0 aliphatic heterocycles. The molecule has 0 radical (unpaired) electrons. The zero-order valence-corrected chi connectivity index (χ0v) is 9.37. The quantitative estimate of drug-likeness (QED) is 0.885. The summed E-state index contributed by atoms with van der Waals surface area (Å²) in [5, 5.41) is 2.69. The summed E-state index contributed by atoms with van der Waals surface area (Å²) in [6, 6.07) is 7.64. The van der Waals surface area contributed by atoms with E-state index in [9.17, 15) is 9.18 Å². The number of carbonyl (C=O) groups is 1. The molecule has 1 N–H and O–H groups in total. The Labute approximate surface area is 98.3 Å². The molecule has 1 aromatic carbocycles. The predicted octanol–water partition coefficient (Wildman–Crippen LogP) is 2.66. The minimum Gasteiger partial charge on any atom is -0.459 e. The van der Waals surface area contributed by atoms with E-state index in [0.717, 1.165) is 11.1 Å². The van der Waals surface area contributed by atoms with Crippen molar-refractivity contribution < 1.29 is 13.6 Å². The smallest absolute Gasteiger partial charge is 0.287 e. The van der Waals surface area contributed by atoms with Gasteiger partial charge in [0.25, 0.3) is 5.91 Å². The second-order valence-corrected chi connectivity index (χ2v) is 3.80. The Bertz CT molecular complexity index is 516. The van der Waals surface area contributed by atoms with Crippen molar-refractivity contribution in [1.29, 1.82) is 0 Å². The highest BCUT2D eigenvalue weighted by atomic mass is 19.1. The summed E-state index contributed by atoms with van der Waals surface area (Å²) < 4.78 is 17.7. The summed E-state index contributed by atoms with van der Waals surface area (Å²) in [4.78, 5) is 11.6. The largest absolute Gasteiger partial charge is 0.459 e. The number of amides is 1. The molecule has 0 bridgehead atoms. The maximum absolute atomic E-state index is 12.7. The Morgan fingerprint density at radius 1 is 1.35 bits per heavy atom. The van der Waals surface area contributed by atoms with Crippen LogP contribution in [0.5, 0.6) is 0 Å². The van der Waals surface area contributed by atoms with Crippen LogP contribution >= 0.6 is 0 Å². The van der Waals surface area contributed by atoms with Crippen molar-refractivity contribution in [3.05, 3.63) is 59.3 Å². The van der Waals surface area contributed by atoms with Gasteiger partial charge in [0.15, 0.2) is 5.76 Å². The van der Waals surface area contributed by atoms with Crippen molar-refractivity contribution in [2.24, 2.45) is 0 Å². The van der Waals surface area contributed by atoms with E-state index in [1.54, 1.807) is 18.2 Å². The summed E-state index contributed by atoms with van der Waals surface area (Å²) in [7, 11) is 0. The van der Waals surface area contributed by atoms with E-state index >= 15 is 0 Å². The number of furan rings is 1. The molecule has 1 amide bonds. The minimum atomic E-state index is -0.290. The third-order valence-corrected chi connectivity index (χ3v) is 2.32. The lowest BCUT2D eigenvalue weighted by atomic mass is 10.2. The fourth-order valence-corrected chi connectivity index (χ4v) is 1.42. The highest BCUT2D eigenvalue weighted by Gasteiger charge is 2.09. The molecular formula is C13H12FNO2. The van der Waals surface area contributed by atoms with Gasteiger partial charge < -0.3 is 9.73 Å². The molecule has 1 heterocycles. The maximum Gasteiger partial charge on any atom is 0.287 e. The van der Waals surface area contributed by atoms with Gasteiger partial charge in [0, 0.05) is 6.54 Å². The number of aryl methyl sites for hydroxylation is 1. The Kier molecular flexibility index (Phi) is 3.23.